The number of hydrogen-bond donors (Lipinski definition) is 0. The molecule has 0 radical (unpaired) electrons. The summed E-state index contributed by atoms with van der Waals surface area (Å²) in [5, 5.41) is 0. The van der Waals surface area contributed by atoms with Gasteiger partial charge in [0.05, 0.1) is 13.7 Å². The van der Waals surface area contributed by atoms with E-state index in [2.05, 4.69) is 24.3 Å². The first-order valence-corrected chi connectivity index (χ1v) is 8.91. The number of carbonyl (C=O) groups is 1. The van der Waals surface area contributed by atoms with Crippen LogP contribution in [0.3, 0.4) is 0 Å². The summed E-state index contributed by atoms with van der Waals surface area (Å²) in [6.07, 6.45) is 1.29. The number of hydrogen-bond acceptors (Lipinski definition) is 3. The van der Waals surface area contributed by atoms with Crippen molar-refractivity contribution in [3.05, 3.63) is 95.6 Å². The first kappa shape index (κ1) is 17.3. The van der Waals surface area contributed by atoms with E-state index in [0.29, 0.717) is 6.61 Å². The van der Waals surface area contributed by atoms with Crippen molar-refractivity contribution in [2.75, 3.05) is 7.11 Å². The highest BCUT2D eigenvalue weighted by Gasteiger charge is 2.29. The van der Waals surface area contributed by atoms with Crippen molar-refractivity contribution in [2.24, 2.45) is 0 Å². The maximum absolute atomic E-state index is 12.4. The Kier molecular flexibility index (Phi) is 4.86. The van der Waals surface area contributed by atoms with Crippen LogP contribution in [0, 0.1) is 0 Å². The molecule has 0 amide bonds. The summed E-state index contributed by atoms with van der Waals surface area (Å²) in [5.41, 5.74) is 6.13. The Balaban J connectivity index is 1.87. The fraction of sp³-hybridized carbons (Fsp3) is 0.125. The first-order chi connectivity index (χ1) is 13.3. The summed E-state index contributed by atoms with van der Waals surface area (Å²) in [5.74, 6) is -0.390. The number of rotatable bonds is 3. The van der Waals surface area contributed by atoms with Crippen molar-refractivity contribution in [2.45, 2.75) is 12.7 Å². The van der Waals surface area contributed by atoms with Crippen LogP contribution in [0.1, 0.15) is 16.7 Å². The number of fused-ring (bicyclic) bond motifs is 1. The van der Waals surface area contributed by atoms with Crippen molar-refractivity contribution in [3.8, 4) is 11.1 Å². The number of esters is 1. The number of methoxy groups -OCH3 is 1. The second kappa shape index (κ2) is 7.60. The molecule has 27 heavy (non-hydrogen) atoms. The minimum Gasteiger partial charge on any atom is -0.467 e. The lowest BCUT2D eigenvalue weighted by molar-refractivity contribution is -0.150. The molecule has 1 atom stereocenters. The monoisotopic (exact) mass is 356 g/mol. The topological polar surface area (TPSA) is 35.5 Å². The predicted octanol–water partition coefficient (Wildman–Crippen LogP) is 4.97. The Labute approximate surface area is 158 Å². The lowest BCUT2D eigenvalue weighted by Crippen LogP contribution is -2.26. The minimum atomic E-state index is -0.756. The molecular formula is C24H20O3. The van der Waals surface area contributed by atoms with E-state index in [1.54, 1.807) is 0 Å². The van der Waals surface area contributed by atoms with Crippen LogP contribution in [0.4, 0.5) is 0 Å². The molecule has 0 aliphatic carbocycles. The van der Waals surface area contributed by atoms with Crippen LogP contribution >= 0.6 is 0 Å². The molecule has 0 fully saturated rings. The van der Waals surface area contributed by atoms with Gasteiger partial charge in [-0.1, -0.05) is 78.9 Å². The van der Waals surface area contributed by atoms with Gasteiger partial charge >= 0.3 is 5.97 Å². The summed E-state index contributed by atoms with van der Waals surface area (Å²) in [6, 6.07) is 26.2. The number of benzene rings is 3. The molecule has 1 aliphatic rings. The fourth-order valence-corrected chi connectivity index (χ4v) is 3.46. The average Bonchev–Trinajstić information content (AvgIpc) is 2.94. The van der Waals surface area contributed by atoms with E-state index < -0.39 is 6.10 Å². The third kappa shape index (κ3) is 3.42. The van der Waals surface area contributed by atoms with Gasteiger partial charge in [-0.15, -0.1) is 0 Å². The van der Waals surface area contributed by atoms with E-state index in [-0.39, 0.29) is 5.97 Å². The maximum atomic E-state index is 12.4. The predicted molar refractivity (Wildman–Crippen MR) is 107 cm³/mol. The molecule has 0 spiro atoms. The van der Waals surface area contributed by atoms with Crippen molar-refractivity contribution >= 4 is 17.6 Å². The summed E-state index contributed by atoms with van der Waals surface area (Å²) < 4.78 is 11.1. The molecule has 3 aromatic carbocycles. The Hall–Kier alpha value is -3.17. The molecule has 1 heterocycles. The third-order valence-corrected chi connectivity index (χ3v) is 4.81. The van der Waals surface area contributed by atoms with Crippen molar-refractivity contribution in [1.29, 1.82) is 0 Å². The quantitative estimate of drug-likeness (QED) is 0.622. The smallest absolute Gasteiger partial charge is 0.339 e. The second-order valence-electron chi connectivity index (χ2n) is 6.42. The van der Waals surface area contributed by atoms with E-state index >= 15 is 0 Å². The largest absolute Gasteiger partial charge is 0.467 e. The van der Waals surface area contributed by atoms with Crippen LogP contribution in [-0.4, -0.2) is 19.2 Å². The number of ether oxygens (including phenoxy) is 2. The molecule has 3 nitrogen and oxygen atoms in total. The molecule has 0 saturated carbocycles. The number of carbonyl (C=O) groups excluding carboxylic acids is 1. The third-order valence-electron chi connectivity index (χ3n) is 4.81. The highest BCUT2D eigenvalue weighted by Crippen LogP contribution is 2.34. The van der Waals surface area contributed by atoms with Crippen LogP contribution in [-0.2, 0) is 20.9 Å². The average molecular weight is 356 g/mol. The molecule has 4 rings (SSSR count). The Bertz CT molecular complexity index is 975. The van der Waals surface area contributed by atoms with E-state index in [4.69, 9.17) is 9.47 Å². The van der Waals surface area contributed by atoms with Crippen LogP contribution in [0.5, 0.6) is 0 Å². The van der Waals surface area contributed by atoms with Gasteiger partial charge in [0, 0.05) is 0 Å². The summed E-state index contributed by atoms with van der Waals surface area (Å²) in [7, 11) is 1.39. The van der Waals surface area contributed by atoms with Crippen molar-refractivity contribution in [3.63, 3.8) is 0 Å². The molecule has 1 aliphatic heterocycles. The molecule has 0 saturated heterocycles. The minimum absolute atomic E-state index is 0.340. The Morgan fingerprint density at radius 1 is 0.889 bits per heavy atom. The van der Waals surface area contributed by atoms with Gasteiger partial charge in [-0.3, -0.25) is 0 Å². The van der Waals surface area contributed by atoms with Gasteiger partial charge in [-0.25, -0.2) is 4.79 Å². The molecule has 0 aromatic heterocycles. The van der Waals surface area contributed by atoms with Gasteiger partial charge < -0.3 is 9.47 Å². The molecular weight excluding hydrogens is 336 g/mol. The summed E-state index contributed by atoms with van der Waals surface area (Å²) >= 11 is 0. The van der Waals surface area contributed by atoms with E-state index in [1.165, 1.54) is 7.11 Å². The zero-order chi connectivity index (χ0) is 18.6. The molecule has 3 heteroatoms. The highest BCUT2D eigenvalue weighted by atomic mass is 16.6. The van der Waals surface area contributed by atoms with Crippen molar-refractivity contribution < 1.29 is 14.3 Å². The van der Waals surface area contributed by atoms with Crippen LogP contribution < -0.4 is 0 Å². The van der Waals surface area contributed by atoms with Crippen molar-refractivity contribution in [1.82, 2.24) is 0 Å². The van der Waals surface area contributed by atoms with Gasteiger partial charge in [-0.05, 0) is 39.5 Å². The normalized spacial score (nSPS) is 16.0. The van der Waals surface area contributed by atoms with E-state index in [9.17, 15) is 4.79 Å². The van der Waals surface area contributed by atoms with Gasteiger partial charge in [0.25, 0.3) is 0 Å². The van der Waals surface area contributed by atoms with Gasteiger partial charge in [-0.2, -0.15) is 0 Å². The molecule has 3 aromatic rings. The molecule has 134 valence electrons. The molecule has 0 N–H and O–H groups in total. The molecule has 1 unspecified atom stereocenters. The summed E-state index contributed by atoms with van der Waals surface area (Å²) in [4.78, 5) is 12.4. The first-order valence-electron chi connectivity index (χ1n) is 8.91. The Morgan fingerprint density at radius 3 is 2.22 bits per heavy atom. The van der Waals surface area contributed by atoms with Gasteiger partial charge in [0.1, 0.15) is 0 Å². The second-order valence-corrected chi connectivity index (χ2v) is 6.42. The van der Waals surface area contributed by atoms with Gasteiger partial charge in [0.2, 0.25) is 0 Å². The summed E-state index contributed by atoms with van der Waals surface area (Å²) in [6.45, 7) is 0.340. The Morgan fingerprint density at radius 2 is 1.56 bits per heavy atom. The lowest BCUT2D eigenvalue weighted by Gasteiger charge is -2.17. The van der Waals surface area contributed by atoms with Crippen LogP contribution in [0.15, 0.2) is 78.9 Å². The fourth-order valence-electron chi connectivity index (χ4n) is 3.46. The SMILES string of the molecule is COC(=O)C1OCc2c(cccc2-c2ccccc2)C=C1c1ccccc1. The van der Waals surface area contributed by atoms with E-state index in [0.717, 1.165) is 33.4 Å². The van der Waals surface area contributed by atoms with Gasteiger partial charge in [0.15, 0.2) is 6.10 Å². The zero-order valence-electron chi connectivity index (χ0n) is 15.1. The van der Waals surface area contributed by atoms with Crippen LogP contribution in [0.25, 0.3) is 22.8 Å². The highest BCUT2D eigenvalue weighted by molar-refractivity contribution is 5.98. The van der Waals surface area contributed by atoms with E-state index in [1.807, 2.05) is 60.7 Å². The maximum Gasteiger partial charge on any atom is 0.339 e. The zero-order valence-corrected chi connectivity index (χ0v) is 15.1. The standard InChI is InChI=1S/C24H20O3/c1-26-24(25)23-21(18-11-6-3-7-12-18)15-19-13-8-14-20(22(19)16-27-23)17-9-4-2-5-10-17/h2-15,23H,16H2,1H3. The molecule has 0 bridgehead atoms. The van der Waals surface area contributed by atoms with Crippen LogP contribution in [0.2, 0.25) is 0 Å². The lowest BCUT2D eigenvalue weighted by atomic mass is 9.93.